The maximum absolute atomic E-state index is 13.4. The third-order valence-corrected chi connectivity index (χ3v) is 8.43. The van der Waals surface area contributed by atoms with Crippen LogP contribution < -0.4 is 5.01 Å². The van der Waals surface area contributed by atoms with E-state index in [0.29, 0.717) is 18.8 Å². The van der Waals surface area contributed by atoms with Crippen LogP contribution in [0.2, 0.25) is 0 Å². The average Bonchev–Trinajstić information content (AvgIpc) is 2.71. The molecule has 4 bridgehead atoms. The summed E-state index contributed by atoms with van der Waals surface area (Å²) >= 11 is 0. The van der Waals surface area contributed by atoms with Gasteiger partial charge in [0.25, 0.3) is 5.91 Å². The van der Waals surface area contributed by atoms with Gasteiger partial charge >= 0.3 is 5.97 Å². The molecule has 1 heterocycles. The fraction of sp³-hybridized carbons (Fsp3) is 0.520. The number of aliphatic carboxylic acids is 1. The smallest absolute Gasteiger partial charge is 0.309 e. The monoisotopic (exact) mass is 404 g/mol. The van der Waals surface area contributed by atoms with E-state index in [4.69, 9.17) is 0 Å². The first-order valence-corrected chi connectivity index (χ1v) is 11.2. The Hall–Kier alpha value is -2.56. The van der Waals surface area contributed by atoms with Crippen LogP contribution in [0.5, 0.6) is 0 Å². The summed E-state index contributed by atoms with van der Waals surface area (Å²) < 4.78 is 0. The Balaban J connectivity index is 1.42. The molecule has 1 N–H and O–H groups in total. The first-order valence-electron chi connectivity index (χ1n) is 11.2. The third kappa shape index (κ3) is 2.18. The predicted molar refractivity (Wildman–Crippen MR) is 115 cm³/mol. The van der Waals surface area contributed by atoms with Crippen molar-refractivity contribution in [2.75, 3.05) is 5.01 Å². The number of rotatable bonds is 3. The van der Waals surface area contributed by atoms with E-state index in [1.165, 1.54) is 5.39 Å². The van der Waals surface area contributed by atoms with E-state index >= 15 is 0 Å². The van der Waals surface area contributed by atoms with E-state index in [9.17, 15) is 14.7 Å². The van der Waals surface area contributed by atoms with Crippen molar-refractivity contribution in [3.05, 3.63) is 42.5 Å². The Labute approximate surface area is 176 Å². The number of amides is 1. The Morgan fingerprint density at radius 3 is 2.37 bits per heavy atom. The summed E-state index contributed by atoms with van der Waals surface area (Å²) in [5.74, 6) is 0.610. The van der Waals surface area contributed by atoms with Crippen molar-refractivity contribution < 1.29 is 14.7 Å². The molecule has 2 atom stereocenters. The molecule has 1 aliphatic heterocycles. The van der Waals surface area contributed by atoms with E-state index in [1.54, 1.807) is 0 Å². The molecule has 0 aromatic heterocycles. The number of carbonyl (C=O) groups excluding carboxylic acids is 1. The van der Waals surface area contributed by atoms with Gasteiger partial charge in [-0.2, -0.15) is 0 Å². The van der Waals surface area contributed by atoms with Crippen molar-refractivity contribution in [1.82, 2.24) is 5.01 Å². The van der Waals surface area contributed by atoms with Gasteiger partial charge in [0.05, 0.1) is 17.1 Å². The average molecular weight is 405 g/mol. The number of anilines is 1. The topological polar surface area (TPSA) is 60.9 Å². The number of nitrogens with zero attached hydrogens (tertiary/aromatic N) is 2. The normalized spacial score (nSPS) is 36.3. The number of carboxylic acid groups (broad SMARTS) is 1. The SMILES string of the molecule is CC1(C)C(=O)N(C2C3CC4CC2CC(C(=O)O)(C4)C3)N1c1cccc2ccccc12. The molecule has 5 nitrogen and oxygen atoms in total. The lowest BCUT2D eigenvalue weighted by atomic mass is 9.47. The highest BCUT2D eigenvalue weighted by Gasteiger charge is 2.65. The highest BCUT2D eigenvalue weighted by Crippen LogP contribution is 2.62. The molecule has 4 aliphatic carbocycles. The maximum Gasteiger partial charge on any atom is 0.309 e. The molecule has 5 fully saturated rings. The summed E-state index contributed by atoms with van der Waals surface area (Å²) in [5, 5.41) is 16.5. The van der Waals surface area contributed by atoms with Gasteiger partial charge in [-0.3, -0.25) is 14.6 Å². The molecule has 4 saturated carbocycles. The second kappa shape index (κ2) is 5.77. The van der Waals surface area contributed by atoms with Crippen molar-refractivity contribution in [3.63, 3.8) is 0 Å². The van der Waals surface area contributed by atoms with Crippen LogP contribution in [0.1, 0.15) is 46.0 Å². The van der Waals surface area contributed by atoms with Crippen LogP contribution in [0.15, 0.2) is 42.5 Å². The Morgan fingerprint density at radius 1 is 1.00 bits per heavy atom. The van der Waals surface area contributed by atoms with E-state index < -0.39 is 16.9 Å². The Kier molecular flexibility index (Phi) is 3.51. The molecule has 2 unspecified atom stereocenters. The molecule has 30 heavy (non-hydrogen) atoms. The van der Waals surface area contributed by atoms with Crippen LogP contribution in [0.25, 0.3) is 10.8 Å². The fourth-order valence-corrected chi connectivity index (χ4v) is 7.42. The number of hydrogen-bond acceptors (Lipinski definition) is 3. The lowest BCUT2D eigenvalue weighted by molar-refractivity contribution is -0.187. The lowest BCUT2D eigenvalue weighted by Crippen LogP contribution is -2.80. The van der Waals surface area contributed by atoms with E-state index in [-0.39, 0.29) is 23.8 Å². The standard InChI is InChI=1S/C25H28N2O3/c1-24(2)22(28)26(27(24)20-9-5-7-16-6-3-4-8-19(16)20)21-17-10-15-11-18(21)14-25(12-15,13-17)23(29)30/h3-9,15,17-18,21H,10-14H2,1-2H3,(H,29,30). The van der Waals surface area contributed by atoms with E-state index in [1.807, 2.05) is 31.0 Å². The molecule has 1 saturated heterocycles. The van der Waals surface area contributed by atoms with Gasteiger partial charge in [0.2, 0.25) is 0 Å². The van der Waals surface area contributed by atoms with Gasteiger partial charge in [0.15, 0.2) is 0 Å². The van der Waals surface area contributed by atoms with E-state index in [0.717, 1.165) is 30.3 Å². The molecule has 7 rings (SSSR count). The van der Waals surface area contributed by atoms with Gasteiger partial charge < -0.3 is 5.11 Å². The van der Waals surface area contributed by atoms with Crippen molar-refractivity contribution in [3.8, 4) is 0 Å². The van der Waals surface area contributed by atoms with E-state index in [2.05, 4.69) is 35.3 Å². The zero-order valence-electron chi connectivity index (χ0n) is 17.5. The Bertz CT molecular complexity index is 1060. The third-order valence-electron chi connectivity index (χ3n) is 8.43. The number of hydrazine groups is 1. The zero-order chi connectivity index (χ0) is 20.8. The van der Waals surface area contributed by atoms with Gasteiger partial charge in [-0.15, -0.1) is 0 Å². The zero-order valence-corrected chi connectivity index (χ0v) is 17.5. The maximum atomic E-state index is 13.4. The second-order valence-electron chi connectivity index (χ2n) is 10.6. The lowest BCUT2D eigenvalue weighted by Gasteiger charge is -2.67. The molecular formula is C25H28N2O3. The van der Waals surface area contributed by atoms with Crippen LogP contribution in [-0.4, -0.2) is 33.6 Å². The first-order chi connectivity index (χ1) is 14.3. The minimum absolute atomic E-state index is 0.119. The Morgan fingerprint density at radius 2 is 1.67 bits per heavy atom. The van der Waals surface area contributed by atoms with Crippen LogP contribution >= 0.6 is 0 Å². The van der Waals surface area contributed by atoms with Gasteiger partial charge in [0, 0.05) is 5.39 Å². The quantitative estimate of drug-likeness (QED) is 0.820. The molecule has 156 valence electrons. The summed E-state index contributed by atoms with van der Waals surface area (Å²) in [6, 6.07) is 14.7. The molecule has 5 heteroatoms. The molecule has 2 aromatic carbocycles. The highest BCUT2D eigenvalue weighted by molar-refractivity contribution is 6.03. The minimum atomic E-state index is -0.624. The number of carboxylic acids is 1. The molecular weight excluding hydrogens is 376 g/mol. The summed E-state index contributed by atoms with van der Waals surface area (Å²) in [7, 11) is 0. The van der Waals surface area contributed by atoms with Gasteiger partial charge in [-0.25, -0.2) is 5.01 Å². The summed E-state index contributed by atoms with van der Waals surface area (Å²) in [5.41, 5.74) is -0.0799. The summed E-state index contributed by atoms with van der Waals surface area (Å²) in [6.45, 7) is 4.00. The minimum Gasteiger partial charge on any atom is -0.481 e. The molecule has 0 spiro atoms. The van der Waals surface area contributed by atoms with Crippen LogP contribution in [0.4, 0.5) is 5.69 Å². The molecule has 1 amide bonds. The largest absolute Gasteiger partial charge is 0.481 e. The second-order valence-corrected chi connectivity index (χ2v) is 10.6. The number of benzene rings is 2. The highest BCUT2D eigenvalue weighted by atomic mass is 16.4. The van der Waals surface area contributed by atoms with Gasteiger partial charge in [-0.1, -0.05) is 36.4 Å². The van der Waals surface area contributed by atoms with Crippen molar-refractivity contribution in [1.29, 1.82) is 0 Å². The van der Waals surface area contributed by atoms with Gasteiger partial charge in [0.1, 0.15) is 5.54 Å². The fourth-order valence-electron chi connectivity index (χ4n) is 7.42. The van der Waals surface area contributed by atoms with Crippen LogP contribution in [-0.2, 0) is 9.59 Å². The van der Waals surface area contributed by atoms with Crippen molar-refractivity contribution in [2.45, 2.75) is 57.5 Å². The van der Waals surface area contributed by atoms with Crippen LogP contribution in [0, 0.1) is 23.2 Å². The molecule has 2 aromatic rings. The summed E-state index contributed by atoms with van der Waals surface area (Å²) in [6.07, 6.45) is 4.38. The number of hydrogen-bond donors (Lipinski definition) is 1. The number of fused-ring (bicyclic) bond motifs is 1. The van der Waals surface area contributed by atoms with Crippen molar-refractivity contribution >= 4 is 28.3 Å². The molecule has 5 aliphatic rings. The van der Waals surface area contributed by atoms with Crippen molar-refractivity contribution in [2.24, 2.45) is 23.2 Å². The first kappa shape index (κ1) is 18.2. The van der Waals surface area contributed by atoms with Gasteiger partial charge in [-0.05, 0) is 75.2 Å². The van der Waals surface area contributed by atoms with Crippen LogP contribution in [0.3, 0.4) is 0 Å². The number of carbonyl (C=O) groups is 2. The molecule has 0 radical (unpaired) electrons. The predicted octanol–water partition coefficient (Wildman–Crippen LogP) is 4.46. The summed E-state index contributed by atoms with van der Waals surface area (Å²) in [4.78, 5) is 25.5.